The maximum Gasteiger partial charge on any atom is 0.305 e. The van der Waals surface area contributed by atoms with Crippen LogP contribution in [0.2, 0.25) is 0 Å². The summed E-state index contributed by atoms with van der Waals surface area (Å²) in [6.07, 6.45) is 1.92. The molecule has 1 rings (SSSR count). The SMILES string of the molecule is CCOC(=O)CCCNC(=O)CN1CCC(N)C1. The Hall–Kier alpha value is -1.14. The summed E-state index contributed by atoms with van der Waals surface area (Å²) in [7, 11) is 0. The van der Waals surface area contributed by atoms with Gasteiger partial charge in [0.2, 0.25) is 5.91 Å². The van der Waals surface area contributed by atoms with Crippen LogP contribution in [0.5, 0.6) is 0 Å². The van der Waals surface area contributed by atoms with Gasteiger partial charge in [-0.2, -0.15) is 0 Å². The number of hydrogen-bond acceptors (Lipinski definition) is 5. The van der Waals surface area contributed by atoms with Crippen molar-refractivity contribution < 1.29 is 14.3 Å². The maximum atomic E-state index is 11.6. The molecule has 1 aliphatic rings. The molecule has 0 radical (unpaired) electrons. The van der Waals surface area contributed by atoms with Gasteiger partial charge in [0, 0.05) is 32.1 Å². The Bertz CT molecular complexity index is 284. The van der Waals surface area contributed by atoms with E-state index in [1.165, 1.54) is 0 Å². The van der Waals surface area contributed by atoms with Crippen molar-refractivity contribution in [3.63, 3.8) is 0 Å². The monoisotopic (exact) mass is 257 g/mol. The van der Waals surface area contributed by atoms with Gasteiger partial charge in [-0.05, 0) is 19.8 Å². The standard InChI is InChI=1S/C12H23N3O3/c1-2-18-12(17)4-3-6-14-11(16)9-15-7-5-10(13)8-15/h10H,2-9,13H2,1H3,(H,14,16). The molecule has 0 saturated carbocycles. The second-order valence-corrected chi connectivity index (χ2v) is 4.54. The predicted octanol–water partition coefficient (Wildman–Crippen LogP) is -0.521. The molecule has 1 amide bonds. The van der Waals surface area contributed by atoms with Crippen LogP contribution in [0.25, 0.3) is 0 Å². The summed E-state index contributed by atoms with van der Waals surface area (Å²) in [5.74, 6) is -0.217. The number of rotatable bonds is 7. The first-order valence-electron chi connectivity index (χ1n) is 6.52. The average molecular weight is 257 g/mol. The molecular formula is C12H23N3O3. The molecule has 6 nitrogen and oxygen atoms in total. The third-order valence-corrected chi connectivity index (χ3v) is 2.86. The largest absolute Gasteiger partial charge is 0.466 e. The van der Waals surface area contributed by atoms with Crippen molar-refractivity contribution >= 4 is 11.9 Å². The van der Waals surface area contributed by atoms with Crippen LogP contribution in [0.4, 0.5) is 0 Å². The van der Waals surface area contributed by atoms with Crippen molar-refractivity contribution in [2.45, 2.75) is 32.2 Å². The Morgan fingerprint density at radius 3 is 2.89 bits per heavy atom. The van der Waals surface area contributed by atoms with Gasteiger partial charge >= 0.3 is 5.97 Å². The molecule has 1 heterocycles. The normalized spacial score (nSPS) is 19.8. The topological polar surface area (TPSA) is 84.7 Å². The number of nitrogens with zero attached hydrogens (tertiary/aromatic N) is 1. The highest BCUT2D eigenvalue weighted by molar-refractivity contribution is 5.78. The lowest BCUT2D eigenvalue weighted by Crippen LogP contribution is -2.37. The zero-order chi connectivity index (χ0) is 13.4. The highest BCUT2D eigenvalue weighted by Gasteiger charge is 2.20. The number of nitrogens with two attached hydrogens (primary N) is 1. The number of hydrogen-bond donors (Lipinski definition) is 2. The van der Waals surface area contributed by atoms with E-state index in [1.807, 2.05) is 4.90 Å². The first kappa shape index (κ1) is 14.9. The van der Waals surface area contributed by atoms with Gasteiger partial charge in [0.05, 0.1) is 13.2 Å². The molecule has 0 aromatic heterocycles. The summed E-state index contributed by atoms with van der Waals surface area (Å²) >= 11 is 0. The molecule has 1 saturated heterocycles. The first-order valence-corrected chi connectivity index (χ1v) is 6.52. The van der Waals surface area contributed by atoms with Crippen LogP contribution < -0.4 is 11.1 Å². The molecule has 0 aromatic carbocycles. The fraction of sp³-hybridized carbons (Fsp3) is 0.833. The van der Waals surface area contributed by atoms with Crippen molar-refractivity contribution in [2.75, 3.05) is 32.8 Å². The molecular weight excluding hydrogens is 234 g/mol. The van der Waals surface area contributed by atoms with Gasteiger partial charge in [0.25, 0.3) is 0 Å². The van der Waals surface area contributed by atoms with Crippen LogP contribution in [-0.4, -0.2) is 55.6 Å². The first-order chi connectivity index (χ1) is 8.61. The zero-order valence-electron chi connectivity index (χ0n) is 11.0. The Balaban J connectivity index is 2.01. The summed E-state index contributed by atoms with van der Waals surface area (Å²) in [5, 5.41) is 2.79. The van der Waals surface area contributed by atoms with Crippen molar-refractivity contribution in [3.8, 4) is 0 Å². The summed E-state index contributed by atoms with van der Waals surface area (Å²) in [6.45, 7) is 4.76. The maximum absolute atomic E-state index is 11.6. The molecule has 1 fully saturated rings. The van der Waals surface area contributed by atoms with E-state index in [9.17, 15) is 9.59 Å². The molecule has 6 heteroatoms. The predicted molar refractivity (Wildman–Crippen MR) is 67.9 cm³/mol. The fourth-order valence-corrected chi connectivity index (χ4v) is 1.96. The number of esters is 1. The van der Waals surface area contributed by atoms with Gasteiger partial charge in [0.1, 0.15) is 0 Å². The van der Waals surface area contributed by atoms with E-state index in [0.29, 0.717) is 32.5 Å². The van der Waals surface area contributed by atoms with Gasteiger partial charge < -0.3 is 15.8 Å². The Kier molecular flexibility index (Phi) is 6.67. The minimum Gasteiger partial charge on any atom is -0.466 e. The lowest BCUT2D eigenvalue weighted by Gasteiger charge is -2.14. The average Bonchev–Trinajstić information content (AvgIpc) is 2.70. The van der Waals surface area contributed by atoms with Crippen LogP contribution >= 0.6 is 0 Å². The van der Waals surface area contributed by atoms with Gasteiger partial charge in [-0.3, -0.25) is 14.5 Å². The highest BCUT2D eigenvalue weighted by atomic mass is 16.5. The number of carbonyl (C=O) groups excluding carboxylic acids is 2. The van der Waals surface area contributed by atoms with Crippen molar-refractivity contribution in [3.05, 3.63) is 0 Å². The molecule has 1 atom stereocenters. The summed E-state index contributed by atoms with van der Waals surface area (Å²) < 4.78 is 4.79. The van der Waals surface area contributed by atoms with Gasteiger partial charge in [0.15, 0.2) is 0 Å². The fourth-order valence-electron chi connectivity index (χ4n) is 1.96. The highest BCUT2D eigenvalue weighted by Crippen LogP contribution is 2.05. The van der Waals surface area contributed by atoms with Crippen LogP contribution in [0.15, 0.2) is 0 Å². The number of amides is 1. The Labute approximate surface area is 108 Å². The minimum absolute atomic E-state index is 0.00652. The molecule has 0 aliphatic carbocycles. The molecule has 0 bridgehead atoms. The second-order valence-electron chi connectivity index (χ2n) is 4.54. The number of ether oxygens (including phenoxy) is 1. The Morgan fingerprint density at radius 2 is 2.28 bits per heavy atom. The summed E-state index contributed by atoms with van der Waals surface area (Å²) in [4.78, 5) is 24.7. The third kappa shape index (κ3) is 5.97. The van der Waals surface area contributed by atoms with Gasteiger partial charge in [-0.25, -0.2) is 0 Å². The third-order valence-electron chi connectivity index (χ3n) is 2.86. The van der Waals surface area contributed by atoms with E-state index < -0.39 is 0 Å². The molecule has 3 N–H and O–H groups in total. The van der Waals surface area contributed by atoms with Crippen LogP contribution in [0.1, 0.15) is 26.2 Å². The Morgan fingerprint density at radius 1 is 1.50 bits per heavy atom. The summed E-state index contributed by atoms with van der Waals surface area (Å²) in [5.41, 5.74) is 5.76. The molecule has 1 aliphatic heterocycles. The van der Waals surface area contributed by atoms with Crippen molar-refractivity contribution in [1.29, 1.82) is 0 Å². The van der Waals surface area contributed by atoms with Crippen molar-refractivity contribution in [2.24, 2.45) is 5.73 Å². The second kappa shape index (κ2) is 8.05. The quantitative estimate of drug-likeness (QED) is 0.473. The lowest BCUT2D eigenvalue weighted by molar-refractivity contribution is -0.143. The lowest BCUT2D eigenvalue weighted by atomic mass is 10.3. The van der Waals surface area contributed by atoms with E-state index in [2.05, 4.69) is 5.32 Å². The number of carbonyl (C=O) groups is 2. The molecule has 0 aromatic rings. The smallest absolute Gasteiger partial charge is 0.305 e. The molecule has 104 valence electrons. The molecule has 1 unspecified atom stereocenters. The molecule has 0 spiro atoms. The number of nitrogens with one attached hydrogen (secondary N) is 1. The van der Waals surface area contributed by atoms with Crippen LogP contribution in [-0.2, 0) is 14.3 Å². The van der Waals surface area contributed by atoms with Gasteiger partial charge in [-0.1, -0.05) is 0 Å². The van der Waals surface area contributed by atoms with Crippen LogP contribution in [0, 0.1) is 0 Å². The van der Waals surface area contributed by atoms with Crippen molar-refractivity contribution in [1.82, 2.24) is 10.2 Å². The van der Waals surface area contributed by atoms with E-state index >= 15 is 0 Å². The van der Waals surface area contributed by atoms with E-state index in [-0.39, 0.29) is 17.9 Å². The van der Waals surface area contributed by atoms with E-state index in [0.717, 1.165) is 19.5 Å². The zero-order valence-corrected chi connectivity index (χ0v) is 11.0. The molecule has 18 heavy (non-hydrogen) atoms. The van der Waals surface area contributed by atoms with E-state index in [4.69, 9.17) is 10.5 Å². The number of likely N-dealkylation sites (tertiary alicyclic amines) is 1. The van der Waals surface area contributed by atoms with E-state index in [1.54, 1.807) is 6.92 Å². The van der Waals surface area contributed by atoms with Crippen LogP contribution in [0.3, 0.4) is 0 Å². The van der Waals surface area contributed by atoms with Gasteiger partial charge in [-0.15, -0.1) is 0 Å². The summed E-state index contributed by atoms with van der Waals surface area (Å²) in [6, 6.07) is 0.196. The minimum atomic E-state index is -0.211.